The maximum absolute atomic E-state index is 6.13. The fraction of sp³-hybridized carbons (Fsp3) is 0.348. The molecule has 2 aromatic rings. The molecule has 2 aliphatic rings. The van der Waals surface area contributed by atoms with Crippen molar-refractivity contribution in [2.45, 2.75) is 25.6 Å². The van der Waals surface area contributed by atoms with Gasteiger partial charge >= 0.3 is 0 Å². The average Bonchev–Trinajstić information content (AvgIpc) is 2.88. The summed E-state index contributed by atoms with van der Waals surface area (Å²) in [6, 6.07) is 11.8. The van der Waals surface area contributed by atoms with Gasteiger partial charge in [0.05, 0.1) is 28.9 Å². The Bertz CT molecular complexity index is 936. The molecule has 4 nitrogen and oxygen atoms in total. The number of benzene rings is 2. The van der Waals surface area contributed by atoms with E-state index in [1.54, 1.807) is 6.07 Å². The van der Waals surface area contributed by atoms with Crippen LogP contribution in [-0.4, -0.2) is 38.7 Å². The molecule has 2 aliphatic heterocycles. The van der Waals surface area contributed by atoms with E-state index in [1.807, 2.05) is 30.4 Å². The topological polar surface area (TPSA) is 34.1 Å². The van der Waals surface area contributed by atoms with E-state index in [1.165, 1.54) is 0 Å². The first-order valence-electron chi connectivity index (χ1n) is 9.91. The van der Waals surface area contributed by atoms with Crippen LogP contribution in [-0.2, 0) is 4.74 Å². The van der Waals surface area contributed by atoms with E-state index < -0.39 is 0 Å². The summed E-state index contributed by atoms with van der Waals surface area (Å²) in [5.74, 6) is 0.831. The van der Waals surface area contributed by atoms with Gasteiger partial charge in [-0.3, -0.25) is 4.99 Å². The zero-order valence-electron chi connectivity index (χ0n) is 16.4. The lowest BCUT2D eigenvalue weighted by Gasteiger charge is -2.25. The van der Waals surface area contributed by atoms with Gasteiger partial charge in [-0.2, -0.15) is 0 Å². The van der Waals surface area contributed by atoms with Gasteiger partial charge in [0, 0.05) is 37.3 Å². The molecule has 0 aliphatic carbocycles. The third-order valence-corrected chi connectivity index (χ3v) is 5.90. The molecule has 1 saturated heterocycles. The van der Waals surface area contributed by atoms with Crippen molar-refractivity contribution < 1.29 is 9.47 Å². The second kappa shape index (κ2) is 9.21. The average molecular weight is 431 g/mol. The van der Waals surface area contributed by atoms with Gasteiger partial charge in [-0.1, -0.05) is 35.3 Å². The normalized spacial score (nSPS) is 19.6. The van der Waals surface area contributed by atoms with Crippen LogP contribution in [0.4, 0.5) is 5.69 Å². The Morgan fingerprint density at radius 3 is 2.79 bits per heavy atom. The van der Waals surface area contributed by atoms with Crippen molar-refractivity contribution >= 4 is 40.7 Å². The summed E-state index contributed by atoms with van der Waals surface area (Å²) in [5.41, 5.74) is 4.11. The van der Waals surface area contributed by atoms with Gasteiger partial charge < -0.3 is 14.4 Å². The highest BCUT2D eigenvalue weighted by Crippen LogP contribution is 2.30. The zero-order chi connectivity index (χ0) is 20.2. The fourth-order valence-corrected chi connectivity index (χ4v) is 3.84. The van der Waals surface area contributed by atoms with Crippen molar-refractivity contribution in [2.24, 2.45) is 4.99 Å². The molecular formula is C23H24Cl2N2O2. The van der Waals surface area contributed by atoms with Crippen molar-refractivity contribution in [1.82, 2.24) is 0 Å². The van der Waals surface area contributed by atoms with Crippen LogP contribution in [0.5, 0.6) is 5.75 Å². The number of aliphatic imine (C=N–C) groups is 1. The minimum absolute atomic E-state index is 0.152. The summed E-state index contributed by atoms with van der Waals surface area (Å²) < 4.78 is 11.8. The molecule has 152 valence electrons. The number of nitrogens with zero attached hydrogens (tertiary/aromatic N) is 2. The van der Waals surface area contributed by atoms with E-state index in [4.69, 9.17) is 37.7 Å². The SMILES string of the molecule is CN1CCN=C(C=Cc2ccc(Cl)c(Cl)c2)c2ccc(OC3CCCCO3)cc21. The molecule has 0 N–H and O–H groups in total. The lowest BCUT2D eigenvalue weighted by atomic mass is 10.0. The number of rotatable bonds is 4. The highest BCUT2D eigenvalue weighted by Gasteiger charge is 2.19. The van der Waals surface area contributed by atoms with Gasteiger partial charge in [0.2, 0.25) is 0 Å². The number of fused-ring (bicyclic) bond motifs is 1. The Morgan fingerprint density at radius 2 is 2.00 bits per heavy atom. The van der Waals surface area contributed by atoms with E-state index in [0.717, 1.165) is 67.2 Å². The van der Waals surface area contributed by atoms with E-state index in [0.29, 0.717) is 10.0 Å². The number of hydrogen-bond acceptors (Lipinski definition) is 4. The second-order valence-electron chi connectivity index (χ2n) is 7.29. The summed E-state index contributed by atoms with van der Waals surface area (Å²) in [6.45, 7) is 2.35. The lowest BCUT2D eigenvalue weighted by molar-refractivity contribution is -0.105. The van der Waals surface area contributed by atoms with E-state index in [-0.39, 0.29) is 6.29 Å². The van der Waals surface area contributed by atoms with Crippen molar-refractivity contribution in [3.63, 3.8) is 0 Å². The molecule has 0 saturated carbocycles. The Kier molecular flexibility index (Phi) is 6.43. The summed E-state index contributed by atoms with van der Waals surface area (Å²) in [7, 11) is 2.08. The van der Waals surface area contributed by atoms with Crippen molar-refractivity contribution in [1.29, 1.82) is 0 Å². The van der Waals surface area contributed by atoms with Crippen LogP contribution in [0.3, 0.4) is 0 Å². The molecule has 29 heavy (non-hydrogen) atoms. The molecular weight excluding hydrogens is 407 g/mol. The van der Waals surface area contributed by atoms with Gasteiger partial charge in [0.15, 0.2) is 6.29 Å². The Balaban J connectivity index is 1.58. The molecule has 1 atom stereocenters. The van der Waals surface area contributed by atoms with Gasteiger partial charge in [-0.05, 0) is 48.7 Å². The number of anilines is 1. The molecule has 0 aromatic heterocycles. The predicted octanol–water partition coefficient (Wildman–Crippen LogP) is 5.85. The molecule has 0 bridgehead atoms. The van der Waals surface area contributed by atoms with Gasteiger partial charge in [-0.15, -0.1) is 0 Å². The third kappa shape index (κ3) is 4.95. The quantitative estimate of drug-likeness (QED) is 0.609. The smallest absolute Gasteiger partial charge is 0.199 e. The largest absolute Gasteiger partial charge is 0.465 e. The first-order valence-corrected chi connectivity index (χ1v) is 10.7. The van der Waals surface area contributed by atoms with E-state index in [2.05, 4.69) is 24.1 Å². The number of allylic oxidation sites excluding steroid dienone is 1. The third-order valence-electron chi connectivity index (χ3n) is 5.16. The maximum Gasteiger partial charge on any atom is 0.199 e. The Labute approximate surface area is 181 Å². The Hall–Kier alpha value is -2.01. The fourth-order valence-electron chi connectivity index (χ4n) is 3.53. The molecule has 2 heterocycles. The van der Waals surface area contributed by atoms with Crippen molar-refractivity contribution in [3.05, 3.63) is 63.6 Å². The van der Waals surface area contributed by atoms with Gasteiger partial charge in [-0.25, -0.2) is 0 Å². The van der Waals surface area contributed by atoms with Crippen LogP contribution in [0, 0.1) is 0 Å². The van der Waals surface area contributed by atoms with Crippen molar-refractivity contribution in [3.8, 4) is 5.75 Å². The maximum atomic E-state index is 6.13. The first kappa shape index (κ1) is 20.3. The lowest BCUT2D eigenvalue weighted by Crippen LogP contribution is -2.25. The molecule has 4 rings (SSSR count). The minimum Gasteiger partial charge on any atom is -0.465 e. The molecule has 0 spiro atoms. The summed E-state index contributed by atoms with van der Waals surface area (Å²) in [4.78, 5) is 6.99. The number of benzodiazepines with no additional fused rings is 1. The van der Waals surface area contributed by atoms with Crippen LogP contribution >= 0.6 is 23.2 Å². The van der Waals surface area contributed by atoms with Crippen LogP contribution in [0.15, 0.2) is 47.5 Å². The number of likely N-dealkylation sites (N-methyl/N-ethyl adjacent to an activating group) is 1. The van der Waals surface area contributed by atoms with Crippen LogP contribution in [0.25, 0.3) is 6.08 Å². The zero-order valence-corrected chi connectivity index (χ0v) is 17.9. The van der Waals surface area contributed by atoms with Gasteiger partial charge in [0.25, 0.3) is 0 Å². The molecule has 6 heteroatoms. The summed E-state index contributed by atoms with van der Waals surface area (Å²) in [6.07, 6.45) is 7.08. The first-order chi connectivity index (χ1) is 14.1. The molecule has 1 fully saturated rings. The molecule has 1 unspecified atom stereocenters. The summed E-state index contributed by atoms with van der Waals surface area (Å²) in [5, 5.41) is 1.10. The predicted molar refractivity (Wildman–Crippen MR) is 121 cm³/mol. The number of hydrogen-bond donors (Lipinski definition) is 0. The van der Waals surface area contributed by atoms with Gasteiger partial charge in [0.1, 0.15) is 5.75 Å². The summed E-state index contributed by atoms with van der Waals surface area (Å²) >= 11 is 12.1. The number of ether oxygens (including phenoxy) is 2. The van der Waals surface area contributed by atoms with Crippen LogP contribution in [0.2, 0.25) is 10.0 Å². The van der Waals surface area contributed by atoms with Crippen molar-refractivity contribution in [2.75, 3.05) is 31.6 Å². The Morgan fingerprint density at radius 1 is 1.10 bits per heavy atom. The minimum atomic E-state index is -0.152. The highest BCUT2D eigenvalue weighted by atomic mass is 35.5. The molecule has 0 radical (unpaired) electrons. The monoisotopic (exact) mass is 430 g/mol. The highest BCUT2D eigenvalue weighted by molar-refractivity contribution is 6.42. The van der Waals surface area contributed by atoms with E-state index in [9.17, 15) is 0 Å². The second-order valence-corrected chi connectivity index (χ2v) is 8.10. The molecule has 2 aromatic carbocycles. The standard InChI is InChI=1S/C23H24Cl2N2O2/c1-27-12-11-26-21(10-6-16-5-9-19(24)20(25)14-16)18-8-7-17(15-22(18)27)29-23-4-2-3-13-28-23/h5-10,14-15,23H,2-4,11-13H2,1H3. The van der Waals surface area contributed by atoms with E-state index >= 15 is 0 Å². The molecule has 0 amide bonds. The number of halogens is 2. The van der Waals surface area contributed by atoms with Crippen LogP contribution < -0.4 is 9.64 Å². The van der Waals surface area contributed by atoms with Crippen LogP contribution in [0.1, 0.15) is 30.4 Å².